The van der Waals surface area contributed by atoms with Gasteiger partial charge in [0.25, 0.3) is 0 Å². The number of rotatable bonds is 10. The molecule has 0 saturated carbocycles. The Morgan fingerprint density at radius 2 is 1.04 bits per heavy atom. The lowest BCUT2D eigenvalue weighted by molar-refractivity contribution is -0.161. The van der Waals surface area contributed by atoms with Gasteiger partial charge in [-0.05, 0) is 73.5 Å². The SMILES string of the molecule is CC(C)C[C@@H]1NC(=O)[C@H](CC(C)C)N(C)C(=O)[C@H](CC(C)C)NC(=O)[C@H](CC(C)C)N(C)C(=O)[C@H](Cc2ccc(O)cc2)NOC1=O. The molecule has 1 saturated heterocycles. The van der Waals surface area contributed by atoms with E-state index in [1.807, 2.05) is 55.4 Å². The Morgan fingerprint density at radius 1 is 0.638 bits per heavy atom. The number of amides is 4. The van der Waals surface area contributed by atoms with Crippen molar-refractivity contribution in [2.75, 3.05) is 14.1 Å². The summed E-state index contributed by atoms with van der Waals surface area (Å²) in [5.74, 6) is -2.56. The number of carbonyl (C=O) groups is 5. The number of likely N-dealkylation sites (N-methyl/N-ethyl adjacent to an activating group) is 2. The summed E-state index contributed by atoms with van der Waals surface area (Å²) >= 11 is 0. The predicted octanol–water partition coefficient (Wildman–Crippen LogP) is 3.17. The molecular formula is C35H57N5O7. The van der Waals surface area contributed by atoms with Crippen molar-refractivity contribution in [3.05, 3.63) is 29.8 Å². The first-order chi connectivity index (χ1) is 21.9. The molecule has 4 amide bonds. The summed E-state index contributed by atoms with van der Waals surface area (Å²) < 4.78 is 0. The van der Waals surface area contributed by atoms with Crippen molar-refractivity contribution < 1.29 is 33.9 Å². The van der Waals surface area contributed by atoms with Crippen LogP contribution in [0.25, 0.3) is 0 Å². The average molecular weight is 660 g/mol. The molecule has 1 fully saturated rings. The molecule has 12 heteroatoms. The number of hydrogen-bond acceptors (Lipinski definition) is 8. The van der Waals surface area contributed by atoms with Gasteiger partial charge in [0.15, 0.2) is 0 Å². The lowest BCUT2D eigenvalue weighted by Gasteiger charge is -2.36. The molecular weight excluding hydrogens is 602 g/mol. The quantitative estimate of drug-likeness (QED) is 0.298. The minimum absolute atomic E-state index is 0.00402. The summed E-state index contributed by atoms with van der Waals surface area (Å²) in [7, 11) is 3.07. The highest BCUT2D eigenvalue weighted by Gasteiger charge is 2.39. The minimum Gasteiger partial charge on any atom is -0.508 e. The van der Waals surface area contributed by atoms with Crippen molar-refractivity contribution in [1.29, 1.82) is 0 Å². The molecule has 1 aromatic rings. The van der Waals surface area contributed by atoms with E-state index >= 15 is 0 Å². The molecule has 0 bridgehead atoms. The summed E-state index contributed by atoms with van der Waals surface area (Å²) in [5.41, 5.74) is 3.32. The summed E-state index contributed by atoms with van der Waals surface area (Å²) in [6, 6.07) is 1.34. The second kappa shape index (κ2) is 18.0. The van der Waals surface area contributed by atoms with Crippen molar-refractivity contribution in [3.63, 3.8) is 0 Å². The fourth-order valence-electron chi connectivity index (χ4n) is 5.74. The molecule has 12 nitrogen and oxygen atoms in total. The maximum atomic E-state index is 14.1. The molecule has 0 spiro atoms. The number of phenols is 1. The van der Waals surface area contributed by atoms with Gasteiger partial charge >= 0.3 is 5.97 Å². The fourth-order valence-corrected chi connectivity index (χ4v) is 5.74. The highest BCUT2D eigenvalue weighted by atomic mass is 16.7. The molecule has 1 heterocycles. The zero-order valence-corrected chi connectivity index (χ0v) is 29.8. The molecule has 0 aromatic heterocycles. The molecule has 47 heavy (non-hydrogen) atoms. The van der Waals surface area contributed by atoms with Crippen LogP contribution in [0.3, 0.4) is 0 Å². The number of phenolic OH excluding ortho intramolecular Hbond substituents is 1. The van der Waals surface area contributed by atoms with E-state index in [0.717, 1.165) is 0 Å². The van der Waals surface area contributed by atoms with E-state index < -0.39 is 59.8 Å². The van der Waals surface area contributed by atoms with Crippen LogP contribution >= 0.6 is 0 Å². The van der Waals surface area contributed by atoms with E-state index in [9.17, 15) is 29.1 Å². The van der Waals surface area contributed by atoms with Crippen molar-refractivity contribution >= 4 is 29.6 Å². The largest absolute Gasteiger partial charge is 0.508 e. The zero-order chi connectivity index (χ0) is 35.6. The Kier molecular flexibility index (Phi) is 15.2. The van der Waals surface area contributed by atoms with Crippen molar-refractivity contribution in [1.82, 2.24) is 25.9 Å². The molecule has 0 aliphatic carbocycles. The second-order valence-electron chi connectivity index (χ2n) is 14.5. The smallest absolute Gasteiger partial charge is 0.347 e. The lowest BCUT2D eigenvalue weighted by Crippen LogP contribution is -2.60. The van der Waals surface area contributed by atoms with Crippen LogP contribution in [-0.4, -0.2) is 88.8 Å². The standard InChI is InChI=1S/C35H57N5O7/c1-20(2)15-26-33(44)39(9)30(18-23(7)8)32(43)37-28(16-21(3)4)35(46)47-38-27(19-24-11-13-25(41)14-12-24)34(45)40(10)29(17-22(5)6)31(42)36-26/h11-14,20-23,26-30,38,41H,15-19H2,1-10H3,(H,36,42)(H,37,43)/t26-,27-,28-,29-,30-/m0/s1. The number of hydroxylamine groups is 1. The van der Waals surface area contributed by atoms with Gasteiger partial charge in [0.2, 0.25) is 23.6 Å². The Morgan fingerprint density at radius 3 is 1.49 bits per heavy atom. The molecule has 1 aliphatic rings. The van der Waals surface area contributed by atoms with Crippen molar-refractivity contribution in [2.24, 2.45) is 23.7 Å². The van der Waals surface area contributed by atoms with Gasteiger partial charge < -0.3 is 30.4 Å². The van der Waals surface area contributed by atoms with Crippen LogP contribution in [0.15, 0.2) is 24.3 Å². The average Bonchev–Trinajstić information content (AvgIpc) is 2.98. The third-order valence-electron chi connectivity index (χ3n) is 8.23. The molecule has 5 atom stereocenters. The monoisotopic (exact) mass is 659 g/mol. The highest BCUT2D eigenvalue weighted by Crippen LogP contribution is 2.20. The van der Waals surface area contributed by atoms with Crippen LogP contribution in [0.1, 0.15) is 86.6 Å². The molecule has 2 rings (SSSR count). The molecule has 1 aliphatic heterocycles. The highest BCUT2D eigenvalue weighted by molar-refractivity contribution is 5.95. The predicted molar refractivity (Wildman–Crippen MR) is 180 cm³/mol. The van der Waals surface area contributed by atoms with Crippen LogP contribution in [-0.2, 0) is 35.2 Å². The van der Waals surface area contributed by atoms with Crippen LogP contribution < -0.4 is 16.1 Å². The minimum atomic E-state index is -1.10. The van der Waals surface area contributed by atoms with E-state index in [0.29, 0.717) is 24.8 Å². The van der Waals surface area contributed by atoms with Crippen LogP contribution in [0.5, 0.6) is 5.75 Å². The van der Waals surface area contributed by atoms with Gasteiger partial charge in [0, 0.05) is 14.1 Å². The summed E-state index contributed by atoms with van der Waals surface area (Å²) in [6.07, 6.45) is 1.30. The van der Waals surface area contributed by atoms with Gasteiger partial charge in [0.1, 0.15) is 36.0 Å². The molecule has 4 N–H and O–H groups in total. The number of nitrogens with zero attached hydrogens (tertiary/aromatic N) is 2. The normalized spacial score (nSPS) is 24.3. The third kappa shape index (κ3) is 12.1. The van der Waals surface area contributed by atoms with E-state index in [1.165, 1.54) is 29.0 Å². The Balaban J connectivity index is 2.68. The van der Waals surface area contributed by atoms with E-state index in [-0.39, 0.29) is 42.3 Å². The van der Waals surface area contributed by atoms with Crippen LogP contribution in [0, 0.1) is 23.7 Å². The van der Waals surface area contributed by atoms with Crippen LogP contribution in [0.4, 0.5) is 0 Å². The first-order valence-electron chi connectivity index (χ1n) is 16.8. The Bertz CT molecular complexity index is 1220. The first-order valence-corrected chi connectivity index (χ1v) is 16.8. The maximum absolute atomic E-state index is 14.1. The van der Waals surface area contributed by atoms with Gasteiger partial charge in [-0.15, -0.1) is 5.48 Å². The zero-order valence-electron chi connectivity index (χ0n) is 29.8. The number of hydrogen-bond donors (Lipinski definition) is 4. The number of benzene rings is 1. The number of nitrogens with one attached hydrogen (secondary N) is 3. The fraction of sp³-hybridized carbons (Fsp3) is 0.686. The van der Waals surface area contributed by atoms with E-state index in [1.54, 1.807) is 19.2 Å². The summed E-state index contributed by atoms with van der Waals surface area (Å²) in [4.78, 5) is 77.7. The Hall–Kier alpha value is -3.67. The first kappa shape index (κ1) is 39.5. The van der Waals surface area contributed by atoms with Gasteiger partial charge in [-0.25, -0.2) is 4.79 Å². The maximum Gasteiger partial charge on any atom is 0.347 e. The number of aromatic hydroxyl groups is 1. The van der Waals surface area contributed by atoms with Gasteiger partial charge in [0.05, 0.1) is 0 Å². The van der Waals surface area contributed by atoms with Crippen molar-refractivity contribution in [2.45, 2.75) is 118 Å². The van der Waals surface area contributed by atoms with E-state index in [4.69, 9.17) is 4.84 Å². The third-order valence-corrected chi connectivity index (χ3v) is 8.23. The van der Waals surface area contributed by atoms with Gasteiger partial charge in [-0.2, -0.15) is 0 Å². The Labute approximate surface area is 280 Å². The summed E-state index contributed by atoms with van der Waals surface area (Å²) in [5, 5.41) is 15.5. The topological polar surface area (TPSA) is 157 Å². The molecule has 0 unspecified atom stereocenters. The molecule has 264 valence electrons. The van der Waals surface area contributed by atoms with Crippen LogP contribution in [0.2, 0.25) is 0 Å². The second-order valence-corrected chi connectivity index (χ2v) is 14.5. The molecule has 0 radical (unpaired) electrons. The van der Waals surface area contributed by atoms with E-state index in [2.05, 4.69) is 16.1 Å². The van der Waals surface area contributed by atoms with Crippen molar-refractivity contribution in [3.8, 4) is 5.75 Å². The van der Waals surface area contributed by atoms with Gasteiger partial charge in [-0.3, -0.25) is 19.2 Å². The number of carbonyl (C=O) groups excluding carboxylic acids is 5. The molecule has 1 aromatic carbocycles. The lowest BCUT2D eigenvalue weighted by atomic mass is 9.96. The van der Waals surface area contributed by atoms with Gasteiger partial charge in [-0.1, -0.05) is 67.5 Å². The summed E-state index contributed by atoms with van der Waals surface area (Å²) in [6.45, 7) is 15.5.